The zero-order valence-electron chi connectivity index (χ0n) is 12.5. The molecule has 1 aromatic carbocycles. The molecule has 1 amide bonds. The van der Waals surface area contributed by atoms with Gasteiger partial charge in [-0.3, -0.25) is 4.79 Å². The second kappa shape index (κ2) is 6.54. The lowest BCUT2D eigenvalue weighted by Gasteiger charge is -2.16. The van der Waals surface area contributed by atoms with E-state index in [0.717, 1.165) is 6.42 Å². The van der Waals surface area contributed by atoms with Crippen molar-refractivity contribution < 1.29 is 18.4 Å². The van der Waals surface area contributed by atoms with Crippen molar-refractivity contribution in [1.82, 2.24) is 15.0 Å². The minimum Gasteiger partial charge on any atom is -0.484 e. The molecule has 0 spiro atoms. The fraction of sp³-hybridized carbons (Fsp3) is 0.400. The molecule has 0 aliphatic carbocycles. The van der Waals surface area contributed by atoms with Crippen LogP contribution in [0.25, 0.3) is 0 Å². The van der Waals surface area contributed by atoms with E-state index in [-0.39, 0.29) is 23.5 Å². The highest BCUT2D eigenvalue weighted by Gasteiger charge is 2.30. The van der Waals surface area contributed by atoms with E-state index in [0.29, 0.717) is 30.6 Å². The van der Waals surface area contributed by atoms with Gasteiger partial charge in [-0.25, -0.2) is 4.39 Å². The van der Waals surface area contributed by atoms with Gasteiger partial charge in [-0.15, -0.1) is 0 Å². The standard InChI is InChI=1S/C15H15ClFN3O3/c1-9-18-15(23-19-9)10-4-5-20(7-10)14(21)8-22-11-2-3-13(17)12(16)6-11/h2-3,6,10H,4-5,7-8H2,1H3. The van der Waals surface area contributed by atoms with Crippen LogP contribution in [0.1, 0.15) is 24.1 Å². The van der Waals surface area contributed by atoms with Gasteiger partial charge in [-0.1, -0.05) is 16.8 Å². The van der Waals surface area contributed by atoms with Crippen LogP contribution >= 0.6 is 11.6 Å². The van der Waals surface area contributed by atoms with Crippen molar-refractivity contribution in [3.8, 4) is 5.75 Å². The molecule has 0 saturated carbocycles. The second-order valence-electron chi connectivity index (χ2n) is 5.37. The predicted octanol–water partition coefficient (Wildman–Crippen LogP) is 2.57. The molecule has 1 fully saturated rings. The number of hydrogen-bond donors (Lipinski definition) is 0. The maximum Gasteiger partial charge on any atom is 0.260 e. The number of ether oxygens (including phenoxy) is 1. The summed E-state index contributed by atoms with van der Waals surface area (Å²) in [5, 5.41) is 3.73. The van der Waals surface area contributed by atoms with Gasteiger partial charge in [0.25, 0.3) is 5.91 Å². The van der Waals surface area contributed by atoms with E-state index in [4.69, 9.17) is 20.9 Å². The van der Waals surface area contributed by atoms with Gasteiger partial charge < -0.3 is 14.2 Å². The van der Waals surface area contributed by atoms with Crippen molar-refractivity contribution >= 4 is 17.5 Å². The Labute approximate surface area is 137 Å². The fourth-order valence-electron chi connectivity index (χ4n) is 2.47. The van der Waals surface area contributed by atoms with Crippen LogP contribution in [0.4, 0.5) is 4.39 Å². The third kappa shape index (κ3) is 3.61. The predicted molar refractivity (Wildman–Crippen MR) is 79.9 cm³/mol. The summed E-state index contributed by atoms with van der Waals surface area (Å²) in [5.41, 5.74) is 0. The molecule has 0 N–H and O–H groups in total. The average Bonchev–Trinajstić information content (AvgIpc) is 3.17. The summed E-state index contributed by atoms with van der Waals surface area (Å²) >= 11 is 5.67. The Kier molecular flexibility index (Phi) is 4.47. The van der Waals surface area contributed by atoms with Crippen LogP contribution in [-0.2, 0) is 4.79 Å². The largest absolute Gasteiger partial charge is 0.484 e. The summed E-state index contributed by atoms with van der Waals surface area (Å²) < 4.78 is 23.6. The van der Waals surface area contributed by atoms with Gasteiger partial charge in [0, 0.05) is 19.2 Å². The Morgan fingerprint density at radius 1 is 1.57 bits per heavy atom. The Bertz CT molecular complexity index is 722. The maximum atomic E-state index is 13.1. The highest BCUT2D eigenvalue weighted by molar-refractivity contribution is 6.30. The first-order valence-corrected chi connectivity index (χ1v) is 7.56. The van der Waals surface area contributed by atoms with E-state index >= 15 is 0 Å². The number of aryl methyl sites for hydroxylation is 1. The normalized spacial score (nSPS) is 17.5. The molecule has 23 heavy (non-hydrogen) atoms. The average molecular weight is 340 g/mol. The number of carbonyl (C=O) groups is 1. The molecule has 2 aromatic rings. The van der Waals surface area contributed by atoms with Crippen molar-refractivity contribution in [3.63, 3.8) is 0 Å². The lowest BCUT2D eigenvalue weighted by atomic mass is 10.1. The number of nitrogens with zero attached hydrogens (tertiary/aromatic N) is 3. The van der Waals surface area contributed by atoms with E-state index < -0.39 is 5.82 Å². The van der Waals surface area contributed by atoms with Gasteiger partial charge >= 0.3 is 0 Å². The fourth-order valence-corrected chi connectivity index (χ4v) is 2.64. The Morgan fingerprint density at radius 2 is 2.39 bits per heavy atom. The van der Waals surface area contributed by atoms with E-state index in [9.17, 15) is 9.18 Å². The quantitative estimate of drug-likeness (QED) is 0.856. The summed E-state index contributed by atoms with van der Waals surface area (Å²) in [4.78, 5) is 18.1. The molecule has 2 heterocycles. The van der Waals surface area contributed by atoms with Crippen LogP contribution in [0.15, 0.2) is 22.7 Å². The summed E-state index contributed by atoms with van der Waals surface area (Å²) in [7, 11) is 0. The molecule has 6 nitrogen and oxygen atoms in total. The minimum absolute atomic E-state index is 0.0389. The molecule has 0 radical (unpaired) electrons. The van der Waals surface area contributed by atoms with E-state index in [1.807, 2.05) is 0 Å². The molecule has 8 heteroatoms. The third-order valence-electron chi connectivity index (χ3n) is 3.69. The molecule has 1 saturated heterocycles. The van der Waals surface area contributed by atoms with Gasteiger partial charge in [0.2, 0.25) is 5.89 Å². The number of hydrogen-bond acceptors (Lipinski definition) is 5. The molecule has 1 aromatic heterocycles. The first-order chi connectivity index (χ1) is 11.0. The van der Waals surface area contributed by atoms with Crippen molar-refractivity contribution in [1.29, 1.82) is 0 Å². The van der Waals surface area contributed by atoms with Crippen molar-refractivity contribution in [2.45, 2.75) is 19.3 Å². The molecule has 1 atom stereocenters. The van der Waals surface area contributed by atoms with Gasteiger partial charge in [-0.2, -0.15) is 4.98 Å². The van der Waals surface area contributed by atoms with Gasteiger partial charge in [0.05, 0.1) is 10.9 Å². The molecular weight excluding hydrogens is 325 g/mol. The summed E-state index contributed by atoms with van der Waals surface area (Å²) in [6.07, 6.45) is 0.774. The first-order valence-electron chi connectivity index (χ1n) is 7.19. The SMILES string of the molecule is Cc1noc(C2CCN(C(=O)COc3ccc(F)c(Cl)c3)C2)n1. The molecule has 122 valence electrons. The summed E-state index contributed by atoms with van der Waals surface area (Å²) in [5.74, 6) is 0.880. The minimum atomic E-state index is -0.525. The lowest BCUT2D eigenvalue weighted by Crippen LogP contribution is -2.32. The Balaban J connectivity index is 1.54. The second-order valence-corrected chi connectivity index (χ2v) is 5.78. The number of likely N-dealkylation sites (tertiary alicyclic amines) is 1. The zero-order valence-corrected chi connectivity index (χ0v) is 13.2. The summed E-state index contributed by atoms with van der Waals surface area (Å²) in [6.45, 7) is 2.76. The maximum absolute atomic E-state index is 13.1. The van der Waals surface area contributed by atoms with E-state index in [1.54, 1.807) is 11.8 Å². The van der Waals surface area contributed by atoms with Gasteiger partial charge in [0.1, 0.15) is 11.6 Å². The first kappa shape index (κ1) is 15.7. The lowest BCUT2D eigenvalue weighted by molar-refractivity contribution is -0.132. The van der Waals surface area contributed by atoms with Crippen molar-refractivity contribution in [2.75, 3.05) is 19.7 Å². The number of rotatable bonds is 4. The third-order valence-corrected chi connectivity index (χ3v) is 3.98. The van der Waals surface area contributed by atoms with Crippen LogP contribution in [0.5, 0.6) is 5.75 Å². The molecule has 0 bridgehead atoms. The molecule has 1 unspecified atom stereocenters. The number of aromatic nitrogens is 2. The van der Waals surface area contributed by atoms with E-state index in [2.05, 4.69) is 10.1 Å². The van der Waals surface area contributed by atoms with Crippen LogP contribution in [0.3, 0.4) is 0 Å². The Morgan fingerprint density at radius 3 is 3.09 bits per heavy atom. The van der Waals surface area contributed by atoms with Crippen LogP contribution in [0.2, 0.25) is 5.02 Å². The molecule has 1 aliphatic heterocycles. The van der Waals surface area contributed by atoms with Crippen LogP contribution in [-0.4, -0.2) is 40.6 Å². The van der Waals surface area contributed by atoms with Crippen molar-refractivity contribution in [3.05, 3.63) is 40.8 Å². The highest BCUT2D eigenvalue weighted by Crippen LogP contribution is 2.26. The number of benzene rings is 1. The number of halogens is 2. The molecular formula is C15H15ClFN3O3. The van der Waals surface area contributed by atoms with Crippen LogP contribution < -0.4 is 4.74 Å². The van der Waals surface area contributed by atoms with Crippen LogP contribution in [0, 0.1) is 12.7 Å². The zero-order chi connectivity index (χ0) is 16.4. The summed E-state index contributed by atoms with van der Waals surface area (Å²) in [6, 6.07) is 3.98. The van der Waals surface area contributed by atoms with E-state index in [1.165, 1.54) is 18.2 Å². The smallest absolute Gasteiger partial charge is 0.260 e. The number of carbonyl (C=O) groups excluding carboxylic acids is 1. The number of amides is 1. The van der Waals surface area contributed by atoms with Crippen molar-refractivity contribution in [2.24, 2.45) is 0 Å². The molecule has 3 rings (SSSR count). The monoisotopic (exact) mass is 339 g/mol. The Hall–Kier alpha value is -2.15. The van der Waals surface area contributed by atoms with Gasteiger partial charge in [0.15, 0.2) is 12.4 Å². The topological polar surface area (TPSA) is 68.5 Å². The van der Waals surface area contributed by atoms with Gasteiger partial charge in [-0.05, 0) is 25.5 Å². The highest BCUT2D eigenvalue weighted by atomic mass is 35.5. The molecule has 1 aliphatic rings.